The Labute approximate surface area is 124 Å². The molecule has 0 saturated carbocycles. The molecule has 0 aliphatic carbocycles. The molecule has 1 aliphatic rings. The molecule has 1 aromatic rings. The number of anilines is 1. The van der Waals surface area contributed by atoms with Gasteiger partial charge >= 0.3 is 0 Å². The summed E-state index contributed by atoms with van der Waals surface area (Å²) in [6.07, 6.45) is 2.65. The van der Waals surface area contributed by atoms with E-state index in [4.69, 9.17) is 0 Å². The Kier molecular flexibility index (Phi) is 5.08. The zero-order chi connectivity index (χ0) is 15.2. The van der Waals surface area contributed by atoms with Crippen molar-refractivity contribution in [3.63, 3.8) is 0 Å². The number of carbonyl (C=O) groups excluding carboxylic acids is 2. The van der Waals surface area contributed by atoms with Crippen LogP contribution in [0.25, 0.3) is 0 Å². The Hall–Kier alpha value is -2.18. The van der Waals surface area contributed by atoms with E-state index in [1.807, 2.05) is 4.90 Å². The maximum atomic E-state index is 11.9. The van der Waals surface area contributed by atoms with Crippen LogP contribution in [0.4, 0.5) is 5.82 Å². The molecular weight excluding hydrogens is 270 g/mol. The smallest absolute Gasteiger partial charge is 0.273 e. The quantitative estimate of drug-likeness (QED) is 0.859. The molecule has 7 heteroatoms. The topological polar surface area (TPSA) is 78.4 Å². The SMILES string of the molecule is CN(C)C(=O)c1ccc(NCCC(=O)N2CCCC2)nn1. The first-order valence-electron chi connectivity index (χ1n) is 7.15. The molecule has 0 aromatic carbocycles. The van der Waals surface area contributed by atoms with E-state index in [9.17, 15) is 9.59 Å². The van der Waals surface area contributed by atoms with Crippen LogP contribution in [0.1, 0.15) is 29.8 Å². The highest BCUT2D eigenvalue weighted by Crippen LogP contribution is 2.09. The first-order valence-corrected chi connectivity index (χ1v) is 7.15. The molecule has 0 bridgehead atoms. The fourth-order valence-electron chi connectivity index (χ4n) is 2.19. The summed E-state index contributed by atoms with van der Waals surface area (Å²) in [5.74, 6) is 0.560. The van der Waals surface area contributed by atoms with E-state index in [0.29, 0.717) is 24.5 Å². The Bertz CT molecular complexity index is 495. The molecule has 21 heavy (non-hydrogen) atoms. The summed E-state index contributed by atoms with van der Waals surface area (Å²) in [7, 11) is 3.33. The van der Waals surface area contributed by atoms with Crippen molar-refractivity contribution in [1.82, 2.24) is 20.0 Å². The van der Waals surface area contributed by atoms with Crippen molar-refractivity contribution in [2.45, 2.75) is 19.3 Å². The standard InChI is InChI=1S/C14H21N5O2/c1-18(2)14(21)11-5-6-12(17-16-11)15-8-7-13(20)19-9-3-4-10-19/h5-6H,3-4,7-10H2,1-2H3,(H,15,17). The number of hydrogen-bond acceptors (Lipinski definition) is 5. The van der Waals surface area contributed by atoms with Gasteiger partial charge in [-0.1, -0.05) is 0 Å². The van der Waals surface area contributed by atoms with Crippen LogP contribution in [-0.2, 0) is 4.79 Å². The van der Waals surface area contributed by atoms with Crippen LogP contribution in [0.3, 0.4) is 0 Å². The molecular formula is C14H21N5O2. The molecule has 1 saturated heterocycles. The van der Waals surface area contributed by atoms with E-state index < -0.39 is 0 Å². The lowest BCUT2D eigenvalue weighted by atomic mass is 10.3. The highest BCUT2D eigenvalue weighted by molar-refractivity contribution is 5.91. The summed E-state index contributed by atoms with van der Waals surface area (Å²) in [6.45, 7) is 2.27. The van der Waals surface area contributed by atoms with Gasteiger partial charge in [0.15, 0.2) is 5.69 Å². The van der Waals surface area contributed by atoms with Crippen LogP contribution in [0.15, 0.2) is 12.1 Å². The second-order valence-electron chi connectivity index (χ2n) is 5.27. The van der Waals surface area contributed by atoms with Crippen LogP contribution in [0, 0.1) is 0 Å². The van der Waals surface area contributed by atoms with Gasteiger partial charge in [-0.2, -0.15) is 0 Å². The summed E-state index contributed by atoms with van der Waals surface area (Å²) < 4.78 is 0. The Morgan fingerprint density at radius 3 is 2.52 bits per heavy atom. The summed E-state index contributed by atoms with van der Waals surface area (Å²) in [5.41, 5.74) is 0.304. The van der Waals surface area contributed by atoms with Gasteiger partial charge in [0.05, 0.1) is 0 Å². The summed E-state index contributed by atoms with van der Waals surface area (Å²) in [4.78, 5) is 26.9. The maximum absolute atomic E-state index is 11.9. The summed E-state index contributed by atoms with van der Waals surface area (Å²) >= 11 is 0. The number of nitrogens with one attached hydrogen (secondary N) is 1. The van der Waals surface area contributed by atoms with Gasteiger partial charge in [-0.15, -0.1) is 10.2 Å². The van der Waals surface area contributed by atoms with Crippen molar-refractivity contribution in [2.75, 3.05) is 39.0 Å². The van der Waals surface area contributed by atoms with Crippen molar-refractivity contribution in [3.8, 4) is 0 Å². The predicted molar refractivity (Wildman–Crippen MR) is 79.0 cm³/mol. The number of rotatable bonds is 5. The van der Waals surface area contributed by atoms with Crippen LogP contribution >= 0.6 is 0 Å². The Balaban J connectivity index is 1.78. The van der Waals surface area contributed by atoms with Crippen LogP contribution < -0.4 is 5.32 Å². The Morgan fingerprint density at radius 1 is 1.24 bits per heavy atom. The van der Waals surface area contributed by atoms with Gasteiger partial charge in [-0.3, -0.25) is 9.59 Å². The number of likely N-dealkylation sites (tertiary alicyclic amines) is 1. The highest BCUT2D eigenvalue weighted by Gasteiger charge is 2.17. The van der Waals surface area contributed by atoms with Gasteiger partial charge in [0.25, 0.3) is 5.91 Å². The average Bonchev–Trinajstić information content (AvgIpc) is 3.01. The number of hydrogen-bond donors (Lipinski definition) is 1. The average molecular weight is 291 g/mol. The van der Waals surface area contributed by atoms with Crippen LogP contribution in [-0.4, -0.2) is 65.5 Å². The minimum atomic E-state index is -0.182. The molecule has 0 unspecified atom stereocenters. The first kappa shape index (κ1) is 15.2. The van der Waals surface area contributed by atoms with E-state index in [-0.39, 0.29) is 11.8 Å². The van der Waals surface area contributed by atoms with Crippen molar-refractivity contribution in [3.05, 3.63) is 17.8 Å². The lowest BCUT2D eigenvalue weighted by Crippen LogP contribution is -2.29. The van der Waals surface area contributed by atoms with E-state index >= 15 is 0 Å². The van der Waals surface area contributed by atoms with E-state index in [2.05, 4.69) is 15.5 Å². The van der Waals surface area contributed by atoms with Gasteiger partial charge in [0.1, 0.15) is 5.82 Å². The van der Waals surface area contributed by atoms with Gasteiger partial charge in [0.2, 0.25) is 5.91 Å². The van der Waals surface area contributed by atoms with Gasteiger partial charge in [-0.05, 0) is 25.0 Å². The molecule has 2 amide bonds. The molecule has 2 heterocycles. The largest absolute Gasteiger partial charge is 0.368 e. The third-order valence-electron chi connectivity index (χ3n) is 3.39. The van der Waals surface area contributed by atoms with Crippen LogP contribution in [0.5, 0.6) is 0 Å². The monoisotopic (exact) mass is 291 g/mol. The zero-order valence-corrected chi connectivity index (χ0v) is 12.5. The van der Waals surface area contributed by atoms with Crippen LogP contribution in [0.2, 0.25) is 0 Å². The molecule has 0 spiro atoms. The number of aromatic nitrogens is 2. The number of amides is 2. The van der Waals surface area contributed by atoms with Crippen molar-refractivity contribution < 1.29 is 9.59 Å². The normalized spacial score (nSPS) is 14.1. The van der Waals surface area contributed by atoms with Crippen molar-refractivity contribution in [1.29, 1.82) is 0 Å². The van der Waals surface area contributed by atoms with Gasteiger partial charge in [0, 0.05) is 40.2 Å². The second kappa shape index (κ2) is 7.01. The molecule has 2 rings (SSSR count). The van der Waals surface area contributed by atoms with E-state index in [1.54, 1.807) is 26.2 Å². The minimum Gasteiger partial charge on any atom is -0.368 e. The third kappa shape index (κ3) is 4.14. The van der Waals surface area contributed by atoms with Gasteiger partial charge < -0.3 is 15.1 Å². The second-order valence-corrected chi connectivity index (χ2v) is 5.27. The molecule has 1 N–H and O–H groups in total. The fraction of sp³-hybridized carbons (Fsp3) is 0.571. The van der Waals surface area contributed by atoms with E-state index in [1.165, 1.54) is 4.90 Å². The molecule has 1 aliphatic heterocycles. The maximum Gasteiger partial charge on any atom is 0.273 e. The molecule has 7 nitrogen and oxygen atoms in total. The lowest BCUT2D eigenvalue weighted by Gasteiger charge is -2.15. The van der Waals surface area contributed by atoms with Gasteiger partial charge in [-0.25, -0.2) is 0 Å². The molecule has 1 fully saturated rings. The number of carbonyl (C=O) groups is 2. The summed E-state index contributed by atoms with van der Waals surface area (Å²) in [5, 5.41) is 10.9. The lowest BCUT2D eigenvalue weighted by molar-refractivity contribution is -0.129. The zero-order valence-electron chi connectivity index (χ0n) is 12.5. The third-order valence-corrected chi connectivity index (χ3v) is 3.39. The molecule has 0 radical (unpaired) electrons. The fourth-order valence-corrected chi connectivity index (χ4v) is 2.19. The van der Waals surface area contributed by atoms with E-state index in [0.717, 1.165) is 25.9 Å². The van der Waals surface area contributed by atoms with Crippen molar-refractivity contribution in [2.24, 2.45) is 0 Å². The first-order chi connectivity index (χ1) is 10.1. The molecule has 1 aromatic heterocycles. The Morgan fingerprint density at radius 2 is 1.95 bits per heavy atom. The molecule has 114 valence electrons. The minimum absolute atomic E-state index is 0.173. The highest BCUT2D eigenvalue weighted by atomic mass is 16.2. The number of nitrogens with zero attached hydrogens (tertiary/aromatic N) is 4. The van der Waals surface area contributed by atoms with Crippen molar-refractivity contribution >= 4 is 17.6 Å². The summed E-state index contributed by atoms with van der Waals surface area (Å²) in [6, 6.07) is 3.32. The molecule has 0 atom stereocenters. The predicted octanol–water partition coefficient (Wildman–Crippen LogP) is 0.603.